The van der Waals surface area contributed by atoms with E-state index in [-0.39, 0.29) is 18.1 Å². The molecule has 3 aromatic carbocycles. The number of amides is 1. The number of methoxy groups -OCH3 is 1. The number of hydrogen-bond donors (Lipinski definition) is 1. The first-order chi connectivity index (χ1) is 15.1. The Hall–Kier alpha value is -3.25. The summed E-state index contributed by atoms with van der Waals surface area (Å²) in [7, 11) is 0.0167. The Morgan fingerprint density at radius 1 is 0.903 bits per heavy atom. The van der Waals surface area contributed by atoms with Gasteiger partial charge in [0.1, 0.15) is 6.04 Å². The number of benzene rings is 3. The highest BCUT2D eigenvalue weighted by atomic mass is 32.2. The lowest BCUT2D eigenvalue weighted by atomic mass is 9.95. The van der Waals surface area contributed by atoms with E-state index < -0.39 is 28.7 Å². The van der Waals surface area contributed by atoms with Gasteiger partial charge in [-0.15, -0.1) is 0 Å². The molecular weight excluding hydrogens is 410 g/mol. The van der Waals surface area contributed by atoms with E-state index in [0.29, 0.717) is 4.90 Å². The van der Waals surface area contributed by atoms with Gasteiger partial charge in [0.25, 0.3) is 0 Å². The topological polar surface area (TPSA) is 72.5 Å². The van der Waals surface area contributed by atoms with Gasteiger partial charge < -0.3 is 10.1 Å². The average molecular weight is 434 g/mol. The fraction of sp³-hybridized carbons (Fsp3) is 0.200. The van der Waals surface area contributed by atoms with Crippen molar-refractivity contribution in [2.45, 2.75) is 23.3 Å². The molecule has 3 aromatic rings. The number of ether oxygens (including phenoxy) is 1. The van der Waals surface area contributed by atoms with Crippen LogP contribution >= 0.6 is 0 Å². The Kier molecular flexibility index (Phi) is 6.28. The quantitative estimate of drug-likeness (QED) is 0.578. The molecule has 0 saturated heterocycles. The Morgan fingerprint density at radius 2 is 1.45 bits per heavy atom. The Bertz CT molecular complexity index is 1080. The Balaban J connectivity index is 1.53. The van der Waals surface area contributed by atoms with E-state index in [1.54, 1.807) is 12.1 Å². The van der Waals surface area contributed by atoms with Gasteiger partial charge in [0.2, 0.25) is 5.91 Å². The zero-order valence-electron chi connectivity index (χ0n) is 17.1. The smallest absolute Gasteiger partial charge is 0.328 e. The number of esters is 1. The third-order valence-corrected chi connectivity index (χ3v) is 6.90. The fourth-order valence-electron chi connectivity index (χ4n) is 4.00. The zero-order valence-corrected chi connectivity index (χ0v) is 17.9. The van der Waals surface area contributed by atoms with E-state index in [1.807, 2.05) is 66.7 Å². The molecule has 2 atom stereocenters. The van der Waals surface area contributed by atoms with Gasteiger partial charge in [-0.05, 0) is 40.8 Å². The van der Waals surface area contributed by atoms with Crippen molar-refractivity contribution in [1.82, 2.24) is 5.32 Å². The van der Waals surface area contributed by atoms with Crippen molar-refractivity contribution < 1.29 is 18.5 Å². The molecule has 31 heavy (non-hydrogen) atoms. The molecule has 158 valence electrons. The molecule has 0 unspecified atom stereocenters. The first-order valence-electron chi connectivity index (χ1n) is 10.1. The largest absolute Gasteiger partial charge is 0.467 e. The summed E-state index contributed by atoms with van der Waals surface area (Å²) < 4.78 is 17.5. The number of hydrogen-bond acceptors (Lipinski definition) is 4. The minimum Gasteiger partial charge on any atom is -0.467 e. The molecule has 0 saturated carbocycles. The number of nitrogens with one attached hydrogen (secondary N) is 1. The van der Waals surface area contributed by atoms with Crippen molar-refractivity contribution >= 4 is 22.7 Å². The summed E-state index contributed by atoms with van der Waals surface area (Å²) in [6, 6.07) is 23.8. The van der Waals surface area contributed by atoms with Crippen LogP contribution in [0.5, 0.6) is 0 Å². The van der Waals surface area contributed by atoms with Crippen LogP contribution in [0.1, 0.15) is 23.5 Å². The molecule has 0 aliphatic heterocycles. The van der Waals surface area contributed by atoms with Crippen molar-refractivity contribution in [2.24, 2.45) is 0 Å². The van der Waals surface area contributed by atoms with Crippen LogP contribution in [0, 0.1) is 0 Å². The first kappa shape index (κ1) is 21.0. The van der Waals surface area contributed by atoms with Gasteiger partial charge >= 0.3 is 5.97 Å². The molecule has 0 heterocycles. The normalized spacial score (nSPS) is 14.2. The van der Waals surface area contributed by atoms with Gasteiger partial charge in [-0.3, -0.25) is 9.00 Å². The molecular formula is C25H23NO4S. The van der Waals surface area contributed by atoms with Gasteiger partial charge in [0.15, 0.2) is 0 Å². The number of carbonyl (C=O) groups excluding carboxylic acids is 2. The highest BCUT2D eigenvalue weighted by Crippen LogP contribution is 2.44. The van der Waals surface area contributed by atoms with E-state index in [1.165, 1.54) is 7.11 Å². The van der Waals surface area contributed by atoms with Gasteiger partial charge in [-0.2, -0.15) is 0 Å². The van der Waals surface area contributed by atoms with Crippen LogP contribution in [0.4, 0.5) is 0 Å². The monoisotopic (exact) mass is 433 g/mol. The summed E-state index contributed by atoms with van der Waals surface area (Å²) in [4.78, 5) is 26.4. The van der Waals surface area contributed by atoms with Crippen LogP contribution in [0.3, 0.4) is 0 Å². The Labute approximate surface area is 183 Å². The van der Waals surface area contributed by atoms with Crippen molar-refractivity contribution in [1.29, 1.82) is 0 Å². The minimum atomic E-state index is -1.27. The van der Waals surface area contributed by atoms with Crippen molar-refractivity contribution in [3.8, 4) is 11.1 Å². The van der Waals surface area contributed by atoms with Crippen LogP contribution in [-0.4, -0.2) is 35.0 Å². The number of carbonyl (C=O) groups is 2. The van der Waals surface area contributed by atoms with Crippen LogP contribution in [0.2, 0.25) is 0 Å². The molecule has 0 fully saturated rings. The van der Waals surface area contributed by atoms with Crippen LogP contribution in [0.25, 0.3) is 11.1 Å². The minimum absolute atomic E-state index is 0.218. The summed E-state index contributed by atoms with van der Waals surface area (Å²) >= 11 is 0. The average Bonchev–Trinajstić information content (AvgIpc) is 3.16. The predicted molar refractivity (Wildman–Crippen MR) is 120 cm³/mol. The van der Waals surface area contributed by atoms with E-state index in [9.17, 15) is 13.8 Å². The highest BCUT2D eigenvalue weighted by molar-refractivity contribution is 7.85. The molecule has 0 radical (unpaired) electrons. The van der Waals surface area contributed by atoms with Crippen molar-refractivity contribution in [2.75, 3.05) is 12.9 Å². The third kappa shape index (κ3) is 4.30. The van der Waals surface area contributed by atoms with Gasteiger partial charge in [-0.25, -0.2) is 4.79 Å². The van der Waals surface area contributed by atoms with Gasteiger partial charge in [0.05, 0.1) is 23.8 Å². The van der Waals surface area contributed by atoms with Crippen LogP contribution in [-0.2, 0) is 25.1 Å². The maximum atomic E-state index is 13.3. The molecule has 6 heteroatoms. The second-order valence-corrected chi connectivity index (χ2v) is 8.91. The molecule has 1 aliphatic rings. The maximum Gasteiger partial charge on any atom is 0.328 e. The molecule has 0 bridgehead atoms. The lowest BCUT2D eigenvalue weighted by molar-refractivity contribution is -0.145. The van der Waals surface area contributed by atoms with Gasteiger partial charge in [-0.1, -0.05) is 66.7 Å². The number of rotatable bonds is 7. The van der Waals surface area contributed by atoms with Crippen molar-refractivity contribution in [3.63, 3.8) is 0 Å². The molecule has 4 rings (SSSR count). The number of fused-ring (bicyclic) bond motifs is 3. The summed E-state index contributed by atoms with van der Waals surface area (Å²) in [6.45, 7) is 0. The predicted octanol–water partition coefficient (Wildman–Crippen LogP) is 3.65. The van der Waals surface area contributed by atoms with Crippen molar-refractivity contribution in [3.05, 3.63) is 90.0 Å². The lowest BCUT2D eigenvalue weighted by Crippen LogP contribution is -2.44. The van der Waals surface area contributed by atoms with E-state index in [0.717, 1.165) is 22.3 Å². The summed E-state index contributed by atoms with van der Waals surface area (Å²) in [5, 5.41) is 2.85. The van der Waals surface area contributed by atoms with E-state index in [4.69, 9.17) is 4.74 Å². The van der Waals surface area contributed by atoms with E-state index in [2.05, 4.69) is 5.32 Å². The zero-order chi connectivity index (χ0) is 21.8. The molecule has 1 aliphatic carbocycles. The summed E-state index contributed by atoms with van der Waals surface area (Å²) in [6.07, 6.45) is 0.218. The second kappa shape index (κ2) is 9.27. The molecule has 0 aromatic heterocycles. The summed E-state index contributed by atoms with van der Waals surface area (Å²) in [5.74, 6) is -1.07. The molecule has 1 N–H and O–H groups in total. The molecule has 0 spiro atoms. The third-order valence-electron chi connectivity index (χ3n) is 5.50. The summed E-state index contributed by atoms with van der Waals surface area (Å²) in [5.41, 5.74) is 3.88. The lowest BCUT2D eigenvalue weighted by Gasteiger charge is -2.20. The van der Waals surface area contributed by atoms with Gasteiger partial charge in [0, 0.05) is 10.6 Å². The Morgan fingerprint density at radius 3 is 2.03 bits per heavy atom. The maximum absolute atomic E-state index is 13.3. The second-order valence-electron chi connectivity index (χ2n) is 7.34. The highest BCUT2D eigenvalue weighted by Gasteiger charge is 2.35. The molecule has 1 amide bonds. The van der Waals surface area contributed by atoms with Crippen LogP contribution < -0.4 is 5.32 Å². The fourth-order valence-corrected chi connectivity index (χ4v) is 5.15. The first-order valence-corrected chi connectivity index (χ1v) is 11.4. The molecule has 5 nitrogen and oxygen atoms in total. The van der Waals surface area contributed by atoms with Crippen LogP contribution in [0.15, 0.2) is 83.8 Å². The standard InChI is InChI=1S/C25H23NO4S/c1-30-25(28)22(15-16-31(29)17-9-3-2-4-10-17)26-24(27)23-20-13-7-5-11-18(20)19-12-6-8-14-21(19)23/h2-14,22-23H,15-16H2,1H3,(H,26,27)/t22-,31+/m0/s1. The van der Waals surface area contributed by atoms with E-state index >= 15 is 0 Å². The SMILES string of the molecule is COC(=O)[C@H](CC[S@@](=O)c1ccccc1)NC(=O)C1c2ccccc2-c2ccccc21.